The van der Waals surface area contributed by atoms with E-state index in [1.807, 2.05) is 26.0 Å². The highest BCUT2D eigenvalue weighted by Gasteiger charge is 2.40. The van der Waals surface area contributed by atoms with Gasteiger partial charge in [-0.1, -0.05) is 75.9 Å². The molecule has 1 fully saturated rings. The highest BCUT2D eigenvalue weighted by Crippen LogP contribution is 2.50. The lowest BCUT2D eigenvalue weighted by Crippen LogP contribution is -2.29. The summed E-state index contributed by atoms with van der Waals surface area (Å²) in [4.78, 5) is 27.6. The lowest BCUT2D eigenvalue weighted by Gasteiger charge is -2.30. The maximum Gasteiger partial charge on any atom is 0.343 e. The van der Waals surface area contributed by atoms with Gasteiger partial charge < -0.3 is 19.0 Å². The second-order valence-corrected chi connectivity index (χ2v) is 19.2. The molecule has 1 saturated carbocycles. The van der Waals surface area contributed by atoms with E-state index < -0.39 is 38.5 Å². The van der Waals surface area contributed by atoms with E-state index >= 15 is 8.42 Å². The highest BCUT2D eigenvalue weighted by molar-refractivity contribution is 7.97. The van der Waals surface area contributed by atoms with Crippen LogP contribution in [0.1, 0.15) is 154 Å². The summed E-state index contributed by atoms with van der Waals surface area (Å²) in [5.41, 5.74) is 1.73. The fourth-order valence-electron chi connectivity index (χ4n) is 9.85. The van der Waals surface area contributed by atoms with Crippen LogP contribution < -0.4 is 15.6 Å². The van der Waals surface area contributed by atoms with Crippen LogP contribution in [0.25, 0.3) is 0 Å². The minimum atomic E-state index is -4.36. The average molecular weight is 845 g/mol. The predicted octanol–water partition coefficient (Wildman–Crippen LogP) is 10.6. The van der Waals surface area contributed by atoms with Crippen LogP contribution in [0, 0.1) is 22.7 Å². The van der Waals surface area contributed by atoms with Gasteiger partial charge in [-0.05, 0) is 118 Å². The smallest absolute Gasteiger partial charge is 0.343 e. The van der Waals surface area contributed by atoms with Crippen molar-refractivity contribution >= 4 is 21.4 Å². The highest BCUT2D eigenvalue weighted by atomic mass is 32.2. The van der Waals surface area contributed by atoms with Gasteiger partial charge in [-0.15, -0.1) is 0 Å². The molecule has 61 heavy (non-hydrogen) atoms. The van der Waals surface area contributed by atoms with Crippen LogP contribution in [-0.2, 0) is 35.7 Å². The van der Waals surface area contributed by atoms with Crippen molar-refractivity contribution in [1.29, 1.82) is 5.26 Å². The quantitative estimate of drug-likeness (QED) is 0.150. The number of fused-ring (bicyclic) bond motifs is 2. The van der Waals surface area contributed by atoms with Crippen LogP contribution >= 0.6 is 0 Å². The number of nitriles is 1. The van der Waals surface area contributed by atoms with Gasteiger partial charge in [-0.2, -0.15) is 5.26 Å². The van der Waals surface area contributed by atoms with Gasteiger partial charge in [-0.3, -0.25) is 0 Å². The zero-order valence-corrected chi connectivity index (χ0v) is 36.1. The topological polar surface area (TPSA) is 162 Å². The third kappa shape index (κ3) is 8.24. The molecule has 0 amide bonds. The molecule has 2 N–H and O–H groups in total. The summed E-state index contributed by atoms with van der Waals surface area (Å²) in [5, 5.41) is 33.6. The molecule has 0 bridgehead atoms. The first-order valence-corrected chi connectivity index (χ1v) is 23.8. The molecule has 4 aliphatic carbocycles. The summed E-state index contributed by atoms with van der Waals surface area (Å²) >= 11 is 0. The van der Waals surface area contributed by atoms with E-state index in [4.69, 9.17) is 8.83 Å². The number of rotatable bonds is 11. The lowest BCUT2D eigenvalue weighted by molar-refractivity contribution is 0.382. The first-order chi connectivity index (χ1) is 29.5. The molecule has 2 heterocycles. The second-order valence-electron chi connectivity index (χ2n) is 17.4. The van der Waals surface area contributed by atoms with Crippen molar-refractivity contribution < 1.29 is 27.5 Å². The Kier molecular flexibility index (Phi) is 12.2. The number of aryl methyl sites for hydroxylation is 2. The van der Waals surface area contributed by atoms with Gasteiger partial charge >= 0.3 is 11.3 Å². The molecule has 4 aromatic rings. The van der Waals surface area contributed by atoms with Crippen LogP contribution in [0.3, 0.4) is 0 Å². The third-order valence-corrected chi connectivity index (χ3v) is 15.3. The number of aromatic hydroxyl groups is 2. The van der Waals surface area contributed by atoms with Gasteiger partial charge in [0.05, 0.1) is 38.9 Å². The Hall–Kier alpha value is -5.34. The summed E-state index contributed by atoms with van der Waals surface area (Å²) in [7, 11) is -4.36. The summed E-state index contributed by atoms with van der Waals surface area (Å²) in [5.74, 6) is -0.0190. The van der Waals surface area contributed by atoms with Crippen molar-refractivity contribution in [2.45, 2.75) is 135 Å². The largest absolute Gasteiger partial charge is 0.507 e. The minimum Gasteiger partial charge on any atom is -0.507 e. The van der Waals surface area contributed by atoms with Crippen molar-refractivity contribution in [3.8, 4) is 17.6 Å². The van der Waals surface area contributed by atoms with E-state index in [9.17, 15) is 25.1 Å². The number of hydrogen-bond acceptors (Lipinski definition) is 9. The fraction of sp³-hybridized carbons (Fsp3) is 0.460. The maximum atomic E-state index is 15.2. The first kappa shape index (κ1) is 42.4. The fourth-order valence-corrected chi connectivity index (χ4v) is 11.4. The Bertz CT molecular complexity index is 2650. The molecule has 8 rings (SSSR count). The normalized spacial score (nSPS) is 20.4. The molecule has 2 aromatic heterocycles. The van der Waals surface area contributed by atoms with Crippen LogP contribution in [0.5, 0.6) is 11.5 Å². The van der Waals surface area contributed by atoms with Gasteiger partial charge in [0, 0.05) is 35.8 Å². The maximum absolute atomic E-state index is 15.2. The van der Waals surface area contributed by atoms with Crippen molar-refractivity contribution in [2.75, 3.05) is 4.31 Å². The van der Waals surface area contributed by atoms with Crippen LogP contribution in [0.2, 0.25) is 0 Å². The second kappa shape index (κ2) is 17.6. The van der Waals surface area contributed by atoms with Gasteiger partial charge in [0.2, 0.25) is 0 Å². The van der Waals surface area contributed by atoms with E-state index in [2.05, 4.69) is 6.07 Å². The predicted molar refractivity (Wildman–Crippen MR) is 236 cm³/mol. The van der Waals surface area contributed by atoms with Crippen LogP contribution in [0.15, 0.2) is 90.1 Å². The van der Waals surface area contributed by atoms with E-state index in [1.165, 1.54) is 10.4 Å². The van der Waals surface area contributed by atoms with Gasteiger partial charge in [0.25, 0.3) is 10.0 Å². The Morgan fingerprint density at radius 3 is 1.85 bits per heavy atom. The molecule has 11 heteroatoms. The molecular formula is C50H56N2O8S. The molecular weight excluding hydrogens is 789 g/mol. The number of nitrogens with zero attached hydrogens (tertiary/aromatic N) is 2. The van der Waals surface area contributed by atoms with Gasteiger partial charge in [0.1, 0.15) is 23.0 Å². The van der Waals surface area contributed by atoms with Gasteiger partial charge in [-0.25, -0.2) is 22.3 Å². The Morgan fingerprint density at radius 2 is 1.33 bits per heavy atom. The van der Waals surface area contributed by atoms with E-state index in [0.29, 0.717) is 83.7 Å². The molecule has 0 aliphatic heterocycles. The van der Waals surface area contributed by atoms with Crippen molar-refractivity contribution in [1.82, 2.24) is 0 Å². The monoisotopic (exact) mass is 844 g/mol. The lowest BCUT2D eigenvalue weighted by atomic mass is 9.81. The standard InChI is InChI=1S/C50H56N2O8S/c1-3-38(44-46(53)39-19-9-5-7-11-21-41(39)59-48(44)55)33-15-13-17-35(29-33)52(61(57,58)37-25-27-50(4-2,31-51)28-26-37)36-18-14-16-34(30-36)43(32-23-24-32)45-47(54)40-20-10-6-8-12-22-42(40)60-49(45)56/h13-18,25-27,29-30,32,38,43,53-54H,3-12,19-24,28H2,1-2H3. The first-order valence-electron chi connectivity index (χ1n) is 22.3. The van der Waals surface area contributed by atoms with E-state index in [1.54, 1.807) is 48.6 Å². The molecule has 3 unspecified atom stereocenters. The molecule has 3 atom stereocenters. The van der Waals surface area contributed by atoms with E-state index in [0.717, 1.165) is 64.2 Å². The number of benzene rings is 2. The van der Waals surface area contributed by atoms with Crippen molar-refractivity contribution in [3.05, 3.63) is 137 Å². The van der Waals surface area contributed by atoms with E-state index in [-0.39, 0.29) is 39.9 Å². The minimum absolute atomic E-state index is 0.00581. The summed E-state index contributed by atoms with van der Waals surface area (Å²) < 4.78 is 43.5. The number of hydrogen-bond donors (Lipinski definition) is 2. The van der Waals surface area contributed by atoms with Crippen molar-refractivity contribution in [3.63, 3.8) is 0 Å². The molecule has 0 radical (unpaired) electrons. The summed E-state index contributed by atoms with van der Waals surface area (Å²) in [6.07, 6.45) is 17.7. The zero-order chi connectivity index (χ0) is 42.9. The van der Waals surface area contributed by atoms with Crippen LogP contribution in [0.4, 0.5) is 11.4 Å². The third-order valence-electron chi connectivity index (χ3n) is 13.5. The Balaban J connectivity index is 1.26. The average Bonchev–Trinajstić information content (AvgIpc) is 4.08. The summed E-state index contributed by atoms with van der Waals surface area (Å²) in [6, 6.07) is 16.5. The van der Waals surface area contributed by atoms with Gasteiger partial charge in [0.15, 0.2) is 0 Å². The number of sulfonamides is 1. The Morgan fingerprint density at radius 1 is 0.787 bits per heavy atom. The zero-order valence-electron chi connectivity index (χ0n) is 35.3. The molecule has 0 saturated heterocycles. The molecule has 320 valence electrons. The van der Waals surface area contributed by atoms with Crippen molar-refractivity contribution in [2.24, 2.45) is 11.3 Å². The number of allylic oxidation sites excluding steroid dienone is 3. The number of anilines is 2. The SMILES string of the molecule is CCC(c1cccc(N(c2cccc(C(c3c(O)c4c(oc3=O)CCCCCC4)C3CC3)c2)S(=O)(=O)C2=CCC(C#N)(CC)C=C2)c1)c1c(O)c2c(oc1=O)CCCCCC2. The molecule has 10 nitrogen and oxygen atoms in total. The Labute approximate surface area is 358 Å². The molecule has 4 aliphatic rings. The molecule has 0 spiro atoms. The molecule has 2 aromatic carbocycles. The van der Waals surface area contributed by atoms with Crippen LogP contribution in [-0.4, -0.2) is 18.6 Å². The summed E-state index contributed by atoms with van der Waals surface area (Å²) in [6.45, 7) is 3.82.